The Labute approximate surface area is 135 Å². The number of morpholine rings is 1. The number of benzene rings is 1. The van der Waals surface area contributed by atoms with Crippen molar-refractivity contribution in [2.24, 2.45) is 0 Å². The van der Waals surface area contributed by atoms with Gasteiger partial charge in [-0.05, 0) is 30.2 Å². The molecule has 116 valence electrons. The van der Waals surface area contributed by atoms with E-state index in [9.17, 15) is 0 Å². The second kappa shape index (κ2) is 7.09. The average molecular weight is 355 g/mol. The molecule has 1 aromatic rings. The number of nitrogens with zero attached hydrogens (tertiary/aromatic N) is 2. The minimum Gasteiger partial charge on any atom is -0.380 e. The van der Waals surface area contributed by atoms with Crippen LogP contribution in [0.25, 0.3) is 0 Å². The molecule has 5 heteroatoms. The molecule has 1 atom stereocenters. The third-order valence-corrected chi connectivity index (χ3v) is 4.84. The predicted octanol–water partition coefficient (Wildman–Crippen LogP) is 2.51. The fourth-order valence-electron chi connectivity index (χ4n) is 3.17. The minimum atomic E-state index is 0.393. The van der Waals surface area contributed by atoms with Crippen molar-refractivity contribution in [3.8, 4) is 0 Å². The maximum Gasteiger partial charge on any atom is 0.0710 e. The summed E-state index contributed by atoms with van der Waals surface area (Å²) < 4.78 is 12.1. The van der Waals surface area contributed by atoms with Gasteiger partial charge >= 0.3 is 0 Å². The molecular formula is C16H23BrN2O2. The first kappa shape index (κ1) is 15.3. The SMILES string of the molecule is CO[C@H]1CCN(Cc2cc(Br)ccc2N2CCOCC2)C1. The molecule has 3 rings (SSSR count). The van der Waals surface area contributed by atoms with E-state index in [1.54, 1.807) is 0 Å². The molecule has 1 aromatic carbocycles. The largest absolute Gasteiger partial charge is 0.380 e. The van der Waals surface area contributed by atoms with Crippen LogP contribution in [0.3, 0.4) is 0 Å². The molecule has 2 aliphatic heterocycles. The Kier molecular flexibility index (Phi) is 5.16. The Hall–Kier alpha value is -0.620. The molecule has 0 aliphatic carbocycles. The summed E-state index contributed by atoms with van der Waals surface area (Å²) in [5, 5.41) is 0. The lowest BCUT2D eigenvalue weighted by Crippen LogP contribution is -2.37. The van der Waals surface area contributed by atoms with Gasteiger partial charge in [0.15, 0.2) is 0 Å². The topological polar surface area (TPSA) is 24.9 Å². The molecular weight excluding hydrogens is 332 g/mol. The first-order valence-electron chi connectivity index (χ1n) is 7.62. The molecule has 4 nitrogen and oxygen atoms in total. The Balaban J connectivity index is 1.75. The van der Waals surface area contributed by atoms with Gasteiger partial charge in [-0.25, -0.2) is 0 Å². The number of rotatable bonds is 4. The van der Waals surface area contributed by atoms with Crippen molar-refractivity contribution < 1.29 is 9.47 Å². The maximum absolute atomic E-state index is 5.47. The molecule has 0 N–H and O–H groups in total. The van der Waals surface area contributed by atoms with Gasteiger partial charge in [0, 0.05) is 50.0 Å². The number of ether oxygens (including phenoxy) is 2. The van der Waals surface area contributed by atoms with Crippen LogP contribution in [0.4, 0.5) is 5.69 Å². The molecule has 2 aliphatic rings. The van der Waals surface area contributed by atoms with Gasteiger partial charge in [-0.1, -0.05) is 15.9 Å². The summed E-state index contributed by atoms with van der Waals surface area (Å²) in [5.41, 5.74) is 2.74. The van der Waals surface area contributed by atoms with E-state index in [-0.39, 0.29) is 0 Å². The van der Waals surface area contributed by atoms with Crippen molar-refractivity contribution in [3.63, 3.8) is 0 Å². The number of likely N-dealkylation sites (tertiary alicyclic amines) is 1. The smallest absolute Gasteiger partial charge is 0.0710 e. The summed E-state index contributed by atoms with van der Waals surface area (Å²) in [4.78, 5) is 4.93. The number of hydrogen-bond acceptors (Lipinski definition) is 4. The summed E-state index contributed by atoms with van der Waals surface area (Å²) in [6, 6.07) is 6.62. The second-order valence-corrected chi connectivity index (χ2v) is 6.67. The van der Waals surface area contributed by atoms with E-state index in [2.05, 4.69) is 43.9 Å². The van der Waals surface area contributed by atoms with Crippen molar-refractivity contribution >= 4 is 21.6 Å². The average Bonchev–Trinajstić information content (AvgIpc) is 2.96. The Morgan fingerprint density at radius 3 is 2.81 bits per heavy atom. The van der Waals surface area contributed by atoms with Crippen LogP contribution in [-0.2, 0) is 16.0 Å². The van der Waals surface area contributed by atoms with Crippen molar-refractivity contribution in [2.45, 2.75) is 19.1 Å². The highest BCUT2D eigenvalue weighted by Crippen LogP contribution is 2.28. The molecule has 0 unspecified atom stereocenters. The van der Waals surface area contributed by atoms with Crippen molar-refractivity contribution in [1.82, 2.24) is 4.90 Å². The molecule has 21 heavy (non-hydrogen) atoms. The zero-order chi connectivity index (χ0) is 14.7. The zero-order valence-electron chi connectivity index (χ0n) is 12.6. The Bertz CT molecular complexity index is 477. The lowest BCUT2D eigenvalue weighted by molar-refractivity contribution is 0.107. The van der Waals surface area contributed by atoms with E-state index in [0.29, 0.717) is 6.10 Å². The molecule has 0 bridgehead atoms. The van der Waals surface area contributed by atoms with Crippen molar-refractivity contribution in [1.29, 1.82) is 0 Å². The van der Waals surface area contributed by atoms with Crippen LogP contribution in [0.2, 0.25) is 0 Å². The minimum absolute atomic E-state index is 0.393. The molecule has 0 saturated carbocycles. The molecule has 0 spiro atoms. The number of halogens is 1. The lowest BCUT2D eigenvalue weighted by atomic mass is 10.1. The van der Waals surface area contributed by atoms with E-state index >= 15 is 0 Å². The predicted molar refractivity (Wildman–Crippen MR) is 87.9 cm³/mol. The van der Waals surface area contributed by atoms with Gasteiger partial charge in [-0.3, -0.25) is 4.90 Å². The van der Waals surface area contributed by atoms with Gasteiger partial charge in [0.25, 0.3) is 0 Å². The Morgan fingerprint density at radius 2 is 2.10 bits per heavy atom. The highest BCUT2D eigenvalue weighted by Gasteiger charge is 2.23. The zero-order valence-corrected chi connectivity index (χ0v) is 14.1. The summed E-state index contributed by atoms with van der Waals surface area (Å²) in [6.07, 6.45) is 1.53. The summed E-state index contributed by atoms with van der Waals surface area (Å²) >= 11 is 3.61. The number of anilines is 1. The summed E-state index contributed by atoms with van der Waals surface area (Å²) in [5.74, 6) is 0. The first-order valence-corrected chi connectivity index (χ1v) is 8.42. The molecule has 0 amide bonds. The van der Waals surface area contributed by atoms with E-state index < -0.39 is 0 Å². The maximum atomic E-state index is 5.47. The molecule has 2 heterocycles. The third-order valence-electron chi connectivity index (χ3n) is 4.35. The number of methoxy groups -OCH3 is 1. The molecule has 0 aromatic heterocycles. The molecule has 0 radical (unpaired) electrons. The monoisotopic (exact) mass is 354 g/mol. The van der Waals surface area contributed by atoms with Crippen LogP contribution in [-0.4, -0.2) is 57.5 Å². The van der Waals surface area contributed by atoms with Crippen molar-refractivity contribution in [3.05, 3.63) is 28.2 Å². The highest BCUT2D eigenvalue weighted by molar-refractivity contribution is 9.10. The fraction of sp³-hybridized carbons (Fsp3) is 0.625. The first-order chi connectivity index (χ1) is 10.3. The summed E-state index contributed by atoms with van der Waals surface area (Å²) in [6.45, 7) is 6.76. The van der Waals surface area contributed by atoms with Crippen LogP contribution in [0, 0.1) is 0 Å². The van der Waals surface area contributed by atoms with Gasteiger partial charge in [-0.15, -0.1) is 0 Å². The van der Waals surface area contributed by atoms with Gasteiger partial charge in [0.05, 0.1) is 19.3 Å². The summed E-state index contributed by atoms with van der Waals surface area (Å²) in [7, 11) is 1.81. The fourth-order valence-corrected chi connectivity index (χ4v) is 3.58. The van der Waals surface area contributed by atoms with Crippen LogP contribution >= 0.6 is 15.9 Å². The standard InChI is InChI=1S/C16H23BrN2O2/c1-20-15-4-5-18(12-15)11-13-10-14(17)2-3-16(13)19-6-8-21-9-7-19/h2-3,10,15H,4-9,11-12H2,1H3/t15-/m0/s1. The normalized spacial score (nSPS) is 23.7. The highest BCUT2D eigenvalue weighted by atomic mass is 79.9. The quantitative estimate of drug-likeness (QED) is 0.829. The third kappa shape index (κ3) is 3.77. The lowest BCUT2D eigenvalue weighted by Gasteiger charge is -2.31. The number of hydrogen-bond donors (Lipinski definition) is 0. The van der Waals surface area contributed by atoms with E-state index in [4.69, 9.17) is 9.47 Å². The van der Waals surface area contributed by atoms with Crippen molar-refractivity contribution in [2.75, 3.05) is 51.4 Å². The van der Waals surface area contributed by atoms with E-state index in [1.165, 1.54) is 11.3 Å². The Morgan fingerprint density at radius 1 is 1.29 bits per heavy atom. The van der Waals surface area contributed by atoms with Gasteiger partial charge < -0.3 is 14.4 Å². The van der Waals surface area contributed by atoms with E-state index in [1.807, 2.05) is 7.11 Å². The van der Waals surface area contributed by atoms with Crippen LogP contribution < -0.4 is 4.90 Å². The van der Waals surface area contributed by atoms with Gasteiger partial charge in [-0.2, -0.15) is 0 Å². The van der Waals surface area contributed by atoms with Crippen LogP contribution in [0.5, 0.6) is 0 Å². The van der Waals surface area contributed by atoms with Crippen LogP contribution in [0.15, 0.2) is 22.7 Å². The van der Waals surface area contributed by atoms with Gasteiger partial charge in [0.1, 0.15) is 0 Å². The molecule has 2 saturated heterocycles. The second-order valence-electron chi connectivity index (χ2n) is 5.75. The molecule has 2 fully saturated rings. The van der Waals surface area contributed by atoms with E-state index in [0.717, 1.165) is 56.8 Å². The van der Waals surface area contributed by atoms with Crippen LogP contribution in [0.1, 0.15) is 12.0 Å². The van der Waals surface area contributed by atoms with Gasteiger partial charge in [0.2, 0.25) is 0 Å².